The predicted octanol–water partition coefficient (Wildman–Crippen LogP) is 5.93. The zero-order chi connectivity index (χ0) is 19.2. The van der Waals surface area contributed by atoms with Crippen LogP contribution in [0.4, 0.5) is 11.4 Å². The van der Waals surface area contributed by atoms with Crippen molar-refractivity contribution in [2.45, 2.75) is 45.6 Å². The van der Waals surface area contributed by atoms with Crippen LogP contribution in [0.5, 0.6) is 5.75 Å². The van der Waals surface area contributed by atoms with Crippen LogP contribution in [-0.2, 0) is 0 Å². The van der Waals surface area contributed by atoms with Gasteiger partial charge in [-0.1, -0.05) is 24.6 Å². The second kappa shape index (κ2) is 6.47. The molecule has 0 aliphatic carbocycles. The van der Waals surface area contributed by atoms with Crippen LogP contribution >= 0.6 is 11.6 Å². The third-order valence-corrected chi connectivity index (χ3v) is 5.37. The first kappa shape index (κ1) is 18.5. The number of hydrogen-bond acceptors (Lipinski definition) is 4. The number of fused-ring (bicyclic) bond motifs is 1. The first-order valence-electron chi connectivity index (χ1n) is 8.59. The molecule has 1 aliphatic rings. The van der Waals surface area contributed by atoms with E-state index in [2.05, 4.69) is 26.1 Å². The number of halogens is 1. The van der Waals surface area contributed by atoms with Crippen molar-refractivity contribution in [3.05, 3.63) is 50.5 Å². The monoisotopic (exact) mass is 374 g/mol. The minimum absolute atomic E-state index is 0.0117. The highest BCUT2D eigenvalue weighted by atomic mass is 35.5. The molecule has 0 spiro atoms. The topological polar surface area (TPSA) is 64.4 Å². The van der Waals surface area contributed by atoms with Gasteiger partial charge in [-0.25, -0.2) is 0 Å². The molecule has 0 amide bonds. The van der Waals surface area contributed by atoms with Crippen molar-refractivity contribution in [1.82, 2.24) is 0 Å². The molecule has 0 saturated carbocycles. The Hall–Kier alpha value is -2.27. The molecule has 1 atom stereocenters. The number of benzene rings is 2. The molecule has 0 saturated heterocycles. The van der Waals surface area contributed by atoms with Gasteiger partial charge in [0.15, 0.2) is 0 Å². The van der Waals surface area contributed by atoms with Crippen molar-refractivity contribution in [2.24, 2.45) is 0 Å². The Bertz CT molecular complexity index is 893. The number of rotatable bonds is 3. The number of ether oxygens (including phenoxy) is 1. The summed E-state index contributed by atoms with van der Waals surface area (Å²) < 4.78 is 5.41. The van der Waals surface area contributed by atoms with E-state index >= 15 is 0 Å². The first-order chi connectivity index (χ1) is 12.2. The van der Waals surface area contributed by atoms with Gasteiger partial charge >= 0.3 is 0 Å². The highest BCUT2D eigenvalue weighted by molar-refractivity contribution is 6.35. The van der Waals surface area contributed by atoms with Crippen LogP contribution in [0.15, 0.2) is 24.3 Å². The fourth-order valence-corrected chi connectivity index (χ4v) is 4.43. The summed E-state index contributed by atoms with van der Waals surface area (Å²) in [6.07, 6.45) is 0.927. The summed E-state index contributed by atoms with van der Waals surface area (Å²) in [6.45, 7) is 8.48. The van der Waals surface area contributed by atoms with E-state index in [1.807, 2.05) is 13.0 Å². The lowest BCUT2D eigenvalue weighted by molar-refractivity contribution is -0.384. The van der Waals surface area contributed by atoms with Crippen LogP contribution in [0, 0.1) is 17.0 Å². The van der Waals surface area contributed by atoms with Crippen LogP contribution in [0.1, 0.15) is 44.2 Å². The minimum atomic E-state index is -0.395. The fourth-order valence-electron chi connectivity index (χ4n) is 4.00. The van der Waals surface area contributed by atoms with Gasteiger partial charge in [0.2, 0.25) is 0 Å². The standard InChI is InChI=1S/C20H23ClN2O3/c1-11-9-13(17-14(23(24)25)7-6-8-15(17)26-5)18(21)16-12(2)10-20(3,4)22-19(11)16/h6-9,12,22H,10H2,1-5H3. The van der Waals surface area contributed by atoms with Crippen molar-refractivity contribution < 1.29 is 9.66 Å². The van der Waals surface area contributed by atoms with Crippen molar-refractivity contribution in [3.8, 4) is 16.9 Å². The molecule has 138 valence electrons. The third kappa shape index (κ3) is 3.01. The van der Waals surface area contributed by atoms with Gasteiger partial charge in [-0.15, -0.1) is 0 Å². The van der Waals surface area contributed by atoms with E-state index < -0.39 is 4.92 Å². The van der Waals surface area contributed by atoms with Crippen LogP contribution in [0.2, 0.25) is 5.02 Å². The molecule has 2 aromatic rings. The molecule has 0 radical (unpaired) electrons. The van der Waals surface area contributed by atoms with E-state index in [4.69, 9.17) is 16.3 Å². The summed E-state index contributed by atoms with van der Waals surface area (Å²) >= 11 is 6.81. The Morgan fingerprint density at radius 2 is 2.08 bits per heavy atom. The fraction of sp³-hybridized carbons (Fsp3) is 0.400. The predicted molar refractivity (Wildman–Crippen MR) is 106 cm³/mol. The lowest BCUT2D eigenvalue weighted by Crippen LogP contribution is -2.37. The number of nitro groups is 1. The number of nitro benzene ring substituents is 1. The number of methoxy groups -OCH3 is 1. The van der Waals surface area contributed by atoms with Crippen LogP contribution in [-0.4, -0.2) is 17.6 Å². The number of nitrogens with one attached hydrogen (secondary N) is 1. The maximum atomic E-state index is 11.6. The SMILES string of the molecule is COc1cccc([N+](=O)[O-])c1-c1cc(C)c2c(c1Cl)C(C)CC(C)(C)N2. The molecular weight excluding hydrogens is 352 g/mol. The molecule has 6 heteroatoms. The summed E-state index contributed by atoms with van der Waals surface area (Å²) in [4.78, 5) is 11.2. The minimum Gasteiger partial charge on any atom is -0.496 e. The van der Waals surface area contributed by atoms with Crippen molar-refractivity contribution >= 4 is 23.0 Å². The van der Waals surface area contributed by atoms with E-state index in [1.54, 1.807) is 12.1 Å². The lowest BCUT2D eigenvalue weighted by Gasteiger charge is -2.39. The summed E-state index contributed by atoms with van der Waals surface area (Å²) in [6, 6.07) is 6.73. The van der Waals surface area contributed by atoms with Gasteiger partial charge in [0.05, 0.1) is 17.1 Å². The van der Waals surface area contributed by atoms with Gasteiger partial charge in [0, 0.05) is 22.9 Å². The second-order valence-corrected chi connectivity index (χ2v) is 7.95. The average Bonchev–Trinajstić information content (AvgIpc) is 2.55. The third-order valence-electron chi connectivity index (χ3n) is 4.96. The Labute approximate surface area is 158 Å². The number of anilines is 1. The van der Waals surface area contributed by atoms with Gasteiger partial charge in [-0.2, -0.15) is 0 Å². The molecule has 5 nitrogen and oxygen atoms in total. The van der Waals surface area contributed by atoms with E-state index in [0.29, 0.717) is 21.9 Å². The summed E-state index contributed by atoms with van der Waals surface area (Å²) in [5.74, 6) is 0.679. The molecule has 3 rings (SSSR count). The zero-order valence-electron chi connectivity index (χ0n) is 15.6. The number of nitrogens with zero attached hydrogens (tertiary/aromatic N) is 1. The van der Waals surface area contributed by atoms with Gasteiger partial charge in [-0.3, -0.25) is 10.1 Å². The largest absolute Gasteiger partial charge is 0.496 e. The maximum absolute atomic E-state index is 11.6. The average molecular weight is 375 g/mol. The van der Waals surface area contributed by atoms with Crippen molar-refractivity contribution in [2.75, 3.05) is 12.4 Å². The normalized spacial score (nSPS) is 18.0. The maximum Gasteiger partial charge on any atom is 0.280 e. The van der Waals surface area contributed by atoms with E-state index in [1.165, 1.54) is 13.2 Å². The molecule has 1 N–H and O–H groups in total. The number of hydrogen-bond donors (Lipinski definition) is 1. The molecule has 1 heterocycles. The zero-order valence-corrected chi connectivity index (χ0v) is 16.4. The highest BCUT2D eigenvalue weighted by Gasteiger charge is 2.34. The first-order valence-corrected chi connectivity index (χ1v) is 8.97. The van der Waals surface area contributed by atoms with E-state index in [-0.39, 0.29) is 17.1 Å². The smallest absolute Gasteiger partial charge is 0.280 e. The summed E-state index contributed by atoms with van der Waals surface area (Å²) in [7, 11) is 1.51. The van der Waals surface area contributed by atoms with Crippen molar-refractivity contribution in [3.63, 3.8) is 0 Å². The van der Waals surface area contributed by atoms with Gasteiger partial charge in [0.1, 0.15) is 11.3 Å². The summed E-state index contributed by atoms with van der Waals surface area (Å²) in [5.41, 5.74) is 4.08. The number of aryl methyl sites for hydroxylation is 1. The van der Waals surface area contributed by atoms with E-state index in [0.717, 1.165) is 23.2 Å². The molecule has 0 aromatic heterocycles. The van der Waals surface area contributed by atoms with Crippen molar-refractivity contribution in [1.29, 1.82) is 0 Å². The van der Waals surface area contributed by atoms with Gasteiger partial charge in [0.25, 0.3) is 5.69 Å². The summed E-state index contributed by atoms with van der Waals surface area (Å²) in [5, 5.41) is 15.7. The highest BCUT2D eigenvalue weighted by Crippen LogP contribution is 2.50. The van der Waals surface area contributed by atoms with Crippen LogP contribution < -0.4 is 10.1 Å². The Morgan fingerprint density at radius 3 is 2.69 bits per heavy atom. The van der Waals surface area contributed by atoms with E-state index in [9.17, 15) is 10.1 Å². The Morgan fingerprint density at radius 1 is 1.38 bits per heavy atom. The van der Waals surface area contributed by atoms with Gasteiger partial charge < -0.3 is 10.1 Å². The molecule has 2 aromatic carbocycles. The molecule has 26 heavy (non-hydrogen) atoms. The quantitative estimate of drug-likeness (QED) is 0.534. The molecular formula is C20H23ClN2O3. The lowest BCUT2D eigenvalue weighted by atomic mass is 9.79. The Kier molecular flexibility index (Phi) is 4.61. The molecule has 0 fully saturated rings. The second-order valence-electron chi connectivity index (χ2n) is 7.57. The molecule has 1 aliphatic heterocycles. The van der Waals surface area contributed by atoms with Crippen LogP contribution in [0.25, 0.3) is 11.1 Å². The van der Waals surface area contributed by atoms with Gasteiger partial charge in [-0.05, 0) is 56.4 Å². The molecule has 1 unspecified atom stereocenters. The molecule has 0 bridgehead atoms. The van der Waals surface area contributed by atoms with Crippen LogP contribution in [0.3, 0.4) is 0 Å². The Balaban J connectivity index is 2.32.